The van der Waals surface area contributed by atoms with Crippen LogP contribution in [0.15, 0.2) is 35.2 Å². The molecule has 1 amide bonds. The van der Waals surface area contributed by atoms with Crippen LogP contribution in [0.2, 0.25) is 0 Å². The molecule has 1 heterocycles. The van der Waals surface area contributed by atoms with E-state index in [9.17, 15) is 18.0 Å². The third-order valence-electron chi connectivity index (χ3n) is 5.56. The molecule has 0 spiro atoms. The highest BCUT2D eigenvalue weighted by molar-refractivity contribution is 7.89. The number of amides is 1. The lowest BCUT2D eigenvalue weighted by molar-refractivity contribution is -0.151. The van der Waals surface area contributed by atoms with Crippen molar-refractivity contribution in [3.05, 3.63) is 36.2 Å². The number of hydrogen-bond donors (Lipinski definition) is 0. The van der Waals surface area contributed by atoms with Crippen molar-refractivity contribution in [2.45, 2.75) is 58.9 Å². The zero-order valence-corrected chi connectivity index (χ0v) is 21.7. The van der Waals surface area contributed by atoms with E-state index in [1.54, 1.807) is 36.9 Å². The molecule has 0 saturated carbocycles. The van der Waals surface area contributed by atoms with Crippen LogP contribution in [-0.2, 0) is 37.3 Å². The molecule has 2 aromatic rings. The van der Waals surface area contributed by atoms with Gasteiger partial charge in [-0.25, -0.2) is 13.4 Å². The largest absolute Gasteiger partial charge is 0.456 e. The van der Waals surface area contributed by atoms with Gasteiger partial charge in [0.05, 0.1) is 22.3 Å². The Morgan fingerprint density at radius 1 is 1.12 bits per heavy atom. The molecule has 0 atom stereocenters. The van der Waals surface area contributed by atoms with Gasteiger partial charge in [0.1, 0.15) is 5.82 Å². The highest BCUT2D eigenvalue weighted by atomic mass is 32.2. The zero-order chi connectivity index (χ0) is 25.5. The van der Waals surface area contributed by atoms with Crippen LogP contribution in [0.25, 0.3) is 11.0 Å². The number of benzene rings is 1. The fraction of sp³-hybridized carbons (Fsp3) is 0.542. The minimum Gasteiger partial charge on any atom is -0.456 e. The number of aryl methyl sites for hydroxylation is 2. The van der Waals surface area contributed by atoms with E-state index in [2.05, 4.69) is 11.6 Å². The van der Waals surface area contributed by atoms with Gasteiger partial charge in [0.25, 0.3) is 5.91 Å². The number of nitrogens with zero attached hydrogens (tertiary/aromatic N) is 4. The molecular formula is C24H36N4O5S. The minimum atomic E-state index is -3.59. The second-order valence-electron chi connectivity index (χ2n) is 8.04. The van der Waals surface area contributed by atoms with Crippen LogP contribution < -0.4 is 0 Å². The second kappa shape index (κ2) is 12.1. The lowest BCUT2D eigenvalue weighted by Gasteiger charge is -2.20. The Labute approximate surface area is 202 Å². The highest BCUT2D eigenvalue weighted by Crippen LogP contribution is 2.23. The summed E-state index contributed by atoms with van der Waals surface area (Å²) in [5.41, 5.74) is 2.22. The second-order valence-corrected chi connectivity index (χ2v) is 9.98. The van der Waals surface area contributed by atoms with Gasteiger partial charge in [0.2, 0.25) is 10.0 Å². The molecule has 0 fully saturated rings. The van der Waals surface area contributed by atoms with Crippen molar-refractivity contribution >= 4 is 32.9 Å². The number of carbonyl (C=O) groups excluding carboxylic acids is 2. The number of hydrogen-bond acceptors (Lipinski definition) is 6. The maximum absolute atomic E-state index is 12.9. The van der Waals surface area contributed by atoms with Crippen molar-refractivity contribution in [2.75, 3.05) is 32.8 Å². The number of ether oxygens (including phenoxy) is 1. The number of likely N-dealkylation sites (N-methyl/N-ethyl adjacent to an activating group) is 1. The van der Waals surface area contributed by atoms with Crippen LogP contribution in [0.1, 0.15) is 46.9 Å². The first kappa shape index (κ1) is 27.5. The normalized spacial score (nSPS) is 11.7. The van der Waals surface area contributed by atoms with Crippen molar-refractivity contribution < 1.29 is 22.7 Å². The van der Waals surface area contributed by atoms with Gasteiger partial charge in [-0.1, -0.05) is 26.0 Å². The zero-order valence-electron chi connectivity index (χ0n) is 20.8. The summed E-state index contributed by atoms with van der Waals surface area (Å²) in [6.45, 7) is 15.1. The first-order chi connectivity index (χ1) is 16.1. The summed E-state index contributed by atoms with van der Waals surface area (Å²) in [4.78, 5) is 30.9. The molecule has 0 N–H and O–H groups in total. The fourth-order valence-electron chi connectivity index (χ4n) is 3.80. The van der Waals surface area contributed by atoms with E-state index >= 15 is 0 Å². The molecule has 10 heteroatoms. The van der Waals surface area contributed by atoms with E-state index in [0.717, 1.165) is 11.1 Å². The fourth-order valence-corrected chi connectivity index (χ4v) is 5.28. The molecule has 0 radical (unpaired) electrons. The van der Waals surface area contributed by atoms with Crippen molar-refractivity contribution in [3.8, 4) is 0 Å². The molecule has 1 aromatic heterocycles. The minimum absolute atomic E-state index is 0.0633. The van der Waals surface area contributed by atoms with Crippen molar-refractivity contribution in [2.24, 2.45) is 0 Å². The molecule has 0 saturated heterocycles. The van der Waals surface area contributed by atoms with Gasteiger partial charge < -0.3 is 14.2 Å². The number of rotatable bonds is 13. The average molecular weight is 493 g/mol. The number of carbonyl (C=O) groups is 2. The predicted octanol–water partition coefficient (Wildman–Crippen LogP) is 2.99. The van der Waals surface area contributed by atoms with Crippen LogP contribution in [0.4, 0.5) is 0 Å². The first-order valence-electron chi connectivity index (χ1n) is 11.7. The average Bonchev–Trinajstić information content (AvgIpc) is 3.16. The summed E-state index contributed by atoms with van der Waals surface area (Å²) in [5, 5.41) is 0. The van der Waals surface area contributed by atoms with Crippen LogP contribution >= 0.6 is 0 Å². The SMILES string of the molecule is C=C(C)CN(CC)C(=O)COC(=O)CCc1nc2cc(S(=O)(=O)N(CC)CC)ccc2n1CC. The number of fused-ring (bicyclic) bond motifs is 1. The Bertz CT molecular complexity index is 1140. The van der Waals surface area contributed by atoms with Crippen LogP contribution in [-0.4, -0.2) is 71.8 Å². The third kappa shape index (κ3) is 6.44. The first-order valence-corrected chi connectivity index (χ1v) is 13.1. The maximum Gasteiger partial charge on any atom is 0.306 e. The van der Waals surface area contributed by atoms with Crippen molar-refractivity contribution in [1.29, 1.82) is 0 Å². The summed E-state index contributed by atoms with van der Waals surface area (Å²) in [7, 11) is -3.59. The third-order valence-corrected chi connectivity index (χ3v) is 7.61. The van der Waals surface area contributed by atoms with E-state index in [4.69, 9.17) is 4.74 Å². The van der Waals surface area contributed by atoms with E-state index in [1.807, 2.05) is 25.3 Å². The van der Waals surface area contributed by atoms with Gasteiger partial charge in [-0.05, 0) is 39.0 Å². The lowest BCUT2D eigenvalue weighted by Crippen LogP contribution is -2.35. The van der Waals surface area contributed by atoms with Gasteiger partial charge in [-0.3, -0.25) is 9.59 Å². The Balaban J connectivity index is 2.12. The van der Waals surface area contributed by atoms with Gasteiger partial charge >= 0.3 is 5.97 Å². The Morgan fingerprint density at radius 3 is 2.35 bits per heavy atom. The molecule has 1 aromatic carbocycles. The number of aromatic nitrogens is 2. The number of esters is 1. The molecule has 0 bridgehead atoms. The standard InChI is InChI=1S/C24H36N4O5S/c1-7-26(16-18(5)6)23(29)17-33-24(30)14-13-22-25-20-15-19(11-12-21(20)28(22)10-4)34(31,32)27(8-2)9-3/h11-12,15H,5,7-10,13-14,16-17H2,1-4,6H3. The predicted molar refractivity (Wildman–Crippen MR) is 132 cm³/mol. The Morgan fingerprint density at radius 2 is 1.79 bits per heavy atom. The summed E-state index contributed by atoms with van der Waals surface area (Å²) < 4.78 is 34.3. The molecule has 0 aliphatic carbocycles. The highest BCUT2D eigenvalue weighted by Gasteiger charge is 2.23. The Hall–Kier alpha value is -2.72. The van der Waals surface area contributed by atoms with E-state index in [0.29, 0.717) is 50.5 Å². The monoisotopic (exact) mass is 492 g/mol. The molecule has 0 unspecified atom stereocenters. The van der Waals surface area contributed by atoms with E-state index in [1.165, 1.54) is 4.31 Å². The van der Waals surface area contributed by atoms with E-state index in [-0.39, 0.29) is 23.8 Å². The van der Waals surface area contributed by atoms with Crippen LogP contribution in [0, 0.1) is 0 Å². The summed E-state index contributed by atoms with van der Waals surface area (Å²) >= 11 is 0. The maximum atomic E-state index is 12.9. The van der Waals surface area contributed by atoms with Crippen molar-refractivity contribution in [1.82, 2.24) is 18.8 Å². The summed E-state index contributed by atoms with van der Waals surface area (Å²) in [5.74, 6) is -0.0866. The Kier molecular flexibility index (Phi) is 9.81. The van der Waals surface area contributed by atoms with Crippen LogP contribution in [0.3, 0.4) is 0 Å². The molecule has 0 aliphatic rings. The molecule has 188 valence electrons. The molecule has 9 nitrogen and oxygen atoms in total. The van der Waals surface area contributed by atoms with Gasteiger partial charge in [0.15, 0.2) is 6.61 Å². The summed E-state index contributed by atoms with van der Waals surface area (Å²) in [6, 6.07) is 4.93. The lowest BCUT2D eigenvalue weighted by atomic mass is 10.3. The molecule has 2 rings (SSSR count). The number of sulfonamides is 1. The molecule has 0 aliphatic heterocycles. The number of imidazole rings is 1. The smallest absolute Gasteiger partial charge is 0.306 e. The quantitative estimate of drug-likeness (QED) is 0.315. The van der Waals surface area contributed by atoms with Crippen molar-refractivity contribution in [3.63, 3.8) is 0 Å². The van der Waals surface area contributed by atoms with E-state index < -0.39 is 16.0 Å². The van der Waals surface area contributed by atoms with Crippen LogP contribution in [0.5, 0.6) is 0 Å². The molecule has 34 heavy (non-hydrogen) atoms. The van der Waals surface area contributed by atoms with Gasteiger partial charge in [-0.15, -0.1) is 0 Å². The van der Waals surface area contributed by atoms with Gasteiger partial charge in [-0.2, -0.15) is 4.31 Å². The summed E-state index contributed by atoms with van der Waals surface area (Å²) in [6.07, 6.45) is 0.380. The topological polar surface area (TPSA) is 102 Å². The van der Waals surface area contributed by atoms with Gasteiger partial charge in [0, 0.05) is 39.1 Å². The molecular weight excluding hydrogens is 456 g/mol.